The van der Waals surface area contributed by atoms with Crippen LogP contribution in [-0.4, -0.2) is 227 Å². The maximum atomic E-state index is 13.9. The van der Waals surface area contributed by atoms with Gasteiger partial charge in [0.05, 0.1) is 56.6 Å². The SMILES string of the molecule is C/C=C(/C)CC(=O)O[C@H]1[C@H](OC(=O)/C(C)=C\C)C(C)(C)CC2C3=CCC4[C@@](C)(CCC5[C@]4(C)CC[C@H](OC4OC(C(=O)O)C(O)C(OC6OC(CO)C(O)C6O)C4OC4OC(CO)C(O)C(O)C4O)[C@]5(C)CO)C3[C@@H](O)[C@@H](O)[C@]21CO. The van der Waals surface area contributed by atoms with E-state index in [1.807, 2.05) is 20.8 Å². The molecule has 3 heterocycles. The molecule has 0 amide bonds. The Morgan fingerprint density at radius 1 is 0.654 bits per heavy atom. The van der Waals surface area contributed by atoms with Crippen LogP contribution in [0.15, 0.2) is 34.9 Å². The quantitative estimate of drug-likeness (QED) is 0.0391. The molecule has 27 atom stereocenters. The summed E-state index contributed by atoms with van der Waals surface area (Å²) in [5.74, 6) is -4.98. The molecule has 0 aromatic heterocycles. The minimum atomic E-state index is -2.17. The summed E-state index contributed by atoms with van der Waals surface area (Å²) in [5.41, 5.74) is -3.40. The molecule has 460 valence electrons. The van der Waals surface area contributed by atoms with E-state index in [0.717, 1.165) is 5.57 Å². The first kappa shape index (κ1) is 63.9. The fourth-order valence-corrected chi connectivity index (χ4v) is 16.1. The summed E-state index contributed by atoms with van der Waals surface area (Å²) < 4.78 is 48.8. The number of aliphatic carboxylic acids is 1. The molecule has 24 heteroatoms. The fraction of sp³-hybridized carbons (Fsp3) is 0.842. The van der Waals surface area contributed by atoms with Gasteiger partial charge in [-0.25, -0.2) is 9.59 Å². The van der Waals surface area contributed by atoms with Gasteiger partial charge in [-0.1, -0.05) is 64.0 Å². The molecule has 0 aromatic carbocycles. The first-order valence-electron chi connectivity index (χ1n) is 28.4. The molecule has 8 rings (SSSR count). The van der Waals surface area contributed by atoms with Crippen LogP contribution in [0.25, 0.3) is 0 Å². The minimum Gasteiger partial charge on any atom is -0.479 e. The third-order valence-electron chi connectivity index (χ3n) is 20.8. The third-order valence-corrected chi connectivity index (χ3v) is 20.8. The van der Waals surface area contributed by atoms with Gasteiger partial charge >= 0.3 is 17.9 Å². The molecule has 7 fully saturated rings. The van der Waals surface area contributed by atoms with Crippen molar-refractivity contribution in [1.82, 2.24) is 0 Å². The molecule has 18 unspecified atom stereocenters. The van der Waals surface area contributed by atoms with Gasteiger partial charge in [-0.15, -0.1) is 0 Å². The summed E-state index contributed by atoms with van der Waals surface area (Å²) in [5, 5.41) is 145. The van der Waals surface area contributed by atoms with Crippen LogP contribution in [0.4, 0.5) is 0 Å². The van der Waals surface area contributed by atoms with Crippen LogP contribution in [0.2, 0.25) is 0 Å². The van der Waals surface area contributed by atoms with Gasteiger partial charge in [-0.05, 0) is 94.8 Å². The molecule has 0 bridgehead atoms. The van der Waals surface area contributed by atoms with Crippen molar-refractivity contribution in [3.63, 3.8) is 0 Å². The molecule has 4 saturated carbocycles. The summed E-state index contributed by atoms with van der Waals surface area (Å²) in [6, 6.07) is 0. The zero-order valence-electron chi connectivity index (χ0n) is 47.6. The zero-order chi connectivity index (χ0) is 59.8. The number of carbonyl (C=O) groups excluding carboxylic acids is 2. The molecule has 8 aliphatic rings. The molecular formula is C57H88O24. The molecule has 5 aliphatic carbocycles. The number of carboxylic acid groups (broad SMARTS) is 1. The van der Waals surface area contributed by atoms with E-state index in [1.54, 1.807) is 39.8 Å². The molecule has 24 nitrogen and oxygen atoms in total. The lowest BCUT2D eigenvalue weighted by molar-refractivity contribution is -0.387. The normalized spacial score (nSPS) is 48.9. The van der Waals surface area contributed by atoms with Gasteiger partial charge in [-0.2, -0.15) is 0 Å². The van der Waals surface area contributed by atoms with Crippen molar-refractivity contribution in [2.45, 2.75) is 224 Å². The average Bonchev–Trinajstić information content (AvgIpc) is 3.60. The molecule has 3 aliphatic heterocycles. The number of esters is 2. The molecule has 0 aromatic rings. The van der Waals surface area contributed by atoms with Crippen molar-refractivity contribution >= 4 is 17.9 Å². The highest BCUT2D eigenvalue weighted by atomic mass is 16.8. The number of carboxylic acids is 1. The summed E-state index contributed by atoms with van der Waals surface area (Å²) in [7, 11) is 0. The van der Waals surface area contributed by atoms with Gasteiger partial charge in [0.1, 0.15) is 67.1 Å². The van der Waals surface area contributed by atoms with Crippen LogP contribution in [0, 0.1) is 50.7 Å². The van der Waals surface area contributed by atoms with Gasteiger partial charge in [0.2, 0.25) is 0 Å². The molecule has 3 saturated heterocycles. The predicted octanol–water partition coefficient (Wildman–Crippen LogP) is -0.765. The highest BCUT2D eigenvalue weighted by molar-refractivity contribution is 5.87. The van der Waals surface area contributed by atoms with E-state index in [1.165, 1.54) is 0 Å². The molecule has 81 heavy (non-hydrogen) atoms. The van der Waals surface area contributed by atoms with Crippen LogP contribution in [-0.2, 0) is 52.3 Å². The Labute approximate surface area is 471 Å². The number of aliphatic hydroxyl groups is 12. The second-order valence-corrected chi connectivity index (χ2v) is 25.7. The van der Waals surface area contributed by atoms with Gasteiger partial charge in [0.15, 0.2) is 31.1 Å². The smallest absolute Gasteiger partial charge is 0.335 e. The van der Waals surface area contributed by atoms with Crippen molar-refractivity contribution in [3.8, 4) is 0 Å². The Balaban J connectivity index is 1.14. The number of hydrogen-bond donors (Lipinski definition) is 13. The van der Waals surface area contributed by atoms with Gasteiger partial charge in [0.25, 0.3) is 0 Å². The van der Waals surface area contributed by atoms with E-state index in [2.05, 4.69) is 19.9 Å². The maximum absolute atomic E-state index is 13.9. The number of carbonyl (C=O) groups is 3. The number of ether oxygens (including phenoxy) is 8. The van der Waals surface area contributed by atoms with Crippen molar-refractivity contribution < 1.29 is 119 Å². The first-order valence-corrected chi connectivity index (χ1v) is 28.4. The van der Waals surface area contributed by atoms with Gasteiger partial charge in [0, 0.05) is 22.3 Å². The topological polar surface area (TPSA) is 388 Å². The molecule has 0 spiro atoms. The number of hydrogen-bond acceptors (Lipinski definition) is 23. The van der Waals surface area contributed by atoms with E-state index in [0.29, 0.717) is 36.8 Å². The average molecular weight is 1160 g/mol. The van der Waals surface area contributed by atoms with E-state index in [4.69, 9.17) is 37.9 Å². The highest BCUT2D eigenvalue weighted by Gasteiger charge is 2.73. The van der Waals surface area contributed by atoms with E-state index >= 15 is 0 Å². The summed E-state index contributed by atoms with van der Waals surface area (Å²) >= 11 is 0. The van der Waals surface area contributed by atoms with Crippen LogP contribution in [0.1, 0.15) is 107 Å². The number of rotatable bonds is 16. The first-order chi connectivity index (χ1) is 38.0. The lowest BCUT2D eigenvalue weighted by Crippen LogP contribution is -2.74. The molecule has 0 radical (unpaired) electrons. The lowest BCUT2D eigenvalue weighted by atomic mass is 9.36. The number of aliphatic hydroxyl groups excluding tert-OH is 12. The Hall–Kier alpha value is -3.09. The van der Waals surface area contributed by atoms with Crippen molar-refractivity contribution in [2.24, 2.45) is 50.7 Å². The largest absolute Gasteiger partial charge is 0.479 e. The van der Waals surface area contributed by atoms with E-state index in [-0.39, 0.29) is 31.1 Å². The predicted molar refractivity (Wildman–Crippen MR) is 278 cm³/mol. The summed E-state index contributed by atoms with van der Waals surface area (Å²) in [6.45, 7) is 13.8. The van der Waals surface area contributed by atoms with Crippen molar-refractivity contribution in [2.75, 3.05) is 26.4 Å². The van der Waals surface area contributed by atoms with Crippen LogP contribution in [0.3, 0.4) is 0 Å². The standard InChI is InChI=1S/C57H88O24/c1-10-24(3)18-33(62)77-47-46(81-49(73)25(4)11-2)53(5,6)19-27-26-12-13-30-54(7)17-15-32(56(9,22-60)31(54)14-16-55(30,8)34(26)37(65)45(70)57(27,47)23-61)76-52-44(80-51-40(68)38(66)35(63)28(20-58)74-51)42(41(69)43(79-52)48(71)72)78-50-39(67)36(64)29(21-59)75-50/h10-12,27-32,34-47,50-52,58-61,63-70H,13-23H2,1-9H3,(H,71,72)/b24-10-,25-11-/t27?,28?,29?,30?,31?,32-,34?,35?,36?,37+,38?,39?,40?,41?,42?,43?,44?,45+,46-,47-,50?,51?,52?,54+,55+,56+,57-/m0/s1. The van der Waals surface area contributed by atoms with E-state index < -0.39 is 200 Å². The second kappa shape index (κ2) is 24.0. The summed E-state index contributed by atoms with van der Waals surface area (Å²) in [6.07, 6.45) is -25.3. The second-order valence-electron chi connectivity index (χ2n) is 25.7. The number of fused-ring (bicyclic) bond motifs is 7. The fourth-order valence-electron chi connectivity index (χ4n) is 16.1. The molecule has 13 N–H and O–H groups in total. The lowest BCUT2D eigenvalue weighted by Gasteiger charge is -2.70. The number of allylic oxidation sites excluding steroid dienone is 3. The third kappa shape index (κ3) is 10.7. The Morgan fingerprint density at radius 2 is 1.25 bits per heavy atom. The van der Waals surface area contributed by atoms with Gasteiger partial charge in [-0.3, -0.25) is 4.79 Å². The van der Waals surface area contributed by atoms with Crippen LogP contribution in [0.5, 0.6) is 0 Å². The zero-order valence-corrected chi connectivity index (χ0v) is 47.6. The minimum absolute atomic E-state index is 0.111. The van der Waals surface area contributed by atoms with Crippen molar-refractivity contribution in [1.29, 1.82) is 0 Å². The van der Waals surface area contributed by atoms with Crippen molar-refractivity contribution in [3.05, 3.63) is 34.9 Å². The maximum Gasteiger partial charge on any atom is 0.335 e. The van der Waals surface area contributed by atoms with Crippen LogP contribution >= 0.6 is 0 Å². The van der Waals surface area contributed by atoms with Gasteiger partial charge < -0.3 is 104 Å². The summed E-state index contributed by atoms with van der Waals surface area (Å²) in [4.78, 5) is 40.3. The monoisotopic (exact) mass is 1160 g/mol. The van der Waals surface area contributed by atoms with E-state index in [9.17, 15) is 80.8 Å². The van der Waals surface area contributed by atoms with Crippen LogP contribution < -0.4 is 0 Å². The Kier molecular flexibility index (Phi) is 18.9. The molecular weight excluding hydrogens is 1070 g/mol. The Bertz CT molecular complexity index is 2380. The Morgan fingerprint density at radius 3 is 1.81 bits per heavy atom. The highest BCUT2D eigenvalue weighted by Crippen LogP contribution is 2.72.